The molecule has 1 aliphatic rings. The molecular formula is C10H19NO3S. The average molecular weight is 233 g/mol. The van der Waals surface area contributed by atoms with Gasteiger partial charge in [-0.25, -0.2) is 0 Å². The van der Waals surface area contributed by atoms with E-state index in [2.05, 4.69) is 0 Å². The van der Waals surface area contributed by atoms with Crippen LogP contribution in [0.4, 0.5) is 0 Å². The van der Waals surface area contributed by atoms with Gasteiger partial charge in [-0.3, -0.25) is 4.79 Å². The van der Waals surface area contributed by atoms with Gasteiger partial charge in [0.1, 0.15) is 6.04 Å². The molecule has 1 fully saturated rings. The molecule has 4 N–H and O–H groups in total. The van der Waals surface area contributed by atoms with E-state index in [0.717, 1.165) is 25.7 Å². The summed E-state index contributed by atoms with van der Waals surface area (Å²) in [7, 11) is 0. The summed E-state index contributed by atoms with van der Waals surface area (Å²) in [6.07, 6.45) is 5.01. The highest BCUT2D eigenvalue weighted by Gasteiger charge is 2.29. The Morgan fingerprint density at radius 2 is 2.00 bits per heavy atom. The van der Waals surface area contributed by atoms with Crippen LogP contribution in [0.2, 0.25) is 0 Å². The lowest BCUT2D eigenvalue weighted by atomic mass is 9.86. The largest absolute Gasteiger partial charge is 0.480 e. The Balaban J connectivity index is 2.21. The van der Waals surface area contributed by atoms with Gasteiger partial charge < -0.3 is 15.9 Å². The Labute approximate surface area is 94.2 Å². The predicted molar refractivity (Wildman–Crippen MR) is 61.0 cm³/mol. The van der Waals surface area contributed by atoms with Crippen LogP contribution in [0.25, 0.3) is 0 Å². The van der Waals surface area contributed by atoms with Gasteiger partial charge in [-0.05, 0) is 12.8 Å². The summed E-state index contributed by atoms with van der Waals surface area (Å²) in [5.74, 6) is 0.00385. The van der Waals surface area contributed by atoms with Crippen LogP contribution < -0.4 is 5.73 Å². The number of thioether (sulfide) groups is 1. The van der Waals surface area contributed by atoms with Crippen LogP contribution in [0.5, 0.6) is 0 Å². The second-order valence-electron chi connectivity index (χ2n) is 4.24. The quantitative estimate of drug-likeness (QED) is 0.655. The van der Waals surface area contributed by atoms with Crippen molar-refractivity contribution in [2.75, 3.05) is 11.5 Å². The van der Waals surface area contributed by atoms with Crippen molar-refractivity contribution in [2.45, 2.75) is 43.7 Å². The van der Waals surface area contributed by atoms with E-state index in [1.807, 2.05) is 0 Å². The van der Waals surface area contributed by atoms with Crippen molar-refractivity contribution in [1.29, 1.82) is 0 Å². The SMILES string of the molecule is NC(CSCC1(O)CCCCC1)C(=O)O. The van der Waals surface area contributed by atoms with Gasteiger partial charge >= 0.3 is 5.97 Å². The van der Waals surface area contributed by atoms with E-state index in [0.29, 0.717) is 11.5 Å². The van der Waals surface area contributed by atoms with Gasteiger partial charge in [0.15, 0.2) is 0 Å². The molecule has 0 aromatic heterocycles. The maximum atomic E-state index is 10.5. The fourth-order valence-corrected chi connectivity index (χ4v) is 2.98. The first-order valence-electron chi connectivity index (χ1n) is 5.32. The number of aliphatic carboxylic acids is 1. The first-order chi connectivity index (χ1) is 7.03. The third-order valence-electron chi connectivity index (χ3n) is 2.77. The number of rotatable bonds is 5. The molecule has 1 atom stereocenters. The van der Waals surface area contributed by atoms with Gasteiger partial charge in [-0.2, -0.15) is 11.8 Å². The van der Waals surface area contributed by atoms with Gasteiger partial charge in [-0.1, -0.05) is 19.3 Å². The first kappa shape index (κ1) is 12.8. The molecule has 0 saturated heterocycles. The predicted octanol–water partition coefficient (Wildman–Crippen LogP) is 0.827. The molecule has 15 heavy (non-hydrogen) atoms. The molecule has 0 aliphatic heterocycles. The summed E-state index contributed by atoms with van der Waals surface area (Å²) in [6, 6.07) is -0.817. The molecule has 1 saturated carbocycles. The van der Waals surface area contributed by atoms with Crippen LogP contribution in [0.15, 0.2) is 0 Å². The van der Waals surface area contributed by atoms with Crippen molar-refractivity contribution in [1.82, 2.24) is 0 Å². The topological polar surface area (TPSA) is 83.5 Å². The van der Waals surface area contributed by atoms with Gasteiger partial charge in [0.25, 0.3) is 0 Å². The lowest BCUT2D eigenvalue weighted by Crippen LogP contribution is -2.37. The Bertz CT molecular complexity index is 217. The second kappa shape index (κ2) is 5.72. The van der Waals surface area contributed by atoms with Gasteiger partial charge in [0, 0.05) is 11.5 Å². The van der Waals surface area contributed by atoms with Crippen LogP contribution in [0.1, 0.15) is 32.1 Å². The maximum absolute atomic E-state index is 10.5. The normalized spacial score (nSPS) is 22.3. The standard InChI is InChI=1S/C10H19NO3S/c11-8(9(12)13)6-15-7-10(14)4-2-1-3-5-10/h8,14H,1-7,11H2,(H,12,13). The second-order valence-corrected chi connectivity index (χ2v) is 5.28. The molecule has 0 radical (unpaired) electrons. The van der Waals surface area contributed by atoms with E-state index in [9.17, 15) is 9.90 Å². The van der Waals surface area contributed by atoms with E-state index in [4.69, 9.17) is 10.8 Å². The van der Waals surface area contributed by atoms with Gasteiger partial charge in [-0.15, -0.1) is 0 Å². The first-order valence-corrected chi connectivity index (χ1v) is 6.47. The lowest BCUT2D eigenvalue weighted by Gasteiger charge is -2.31. The number of carboxylic acids is 1. The number of carboxylic acid groups (broad SMARTS) is 1. The van der Waals surface area contributed by atoms with E-state index in [1.165, 1.54) is 18.2 Å². The van der Waals surface area contributed by atoms with Crippen LogP contribution >= 0.6 is 11.8 Å². The van der Waals surface area contributed by atoms with E-state index in [1.54, 1.807) is 0 Å². The van der Waals surface area contributed by atoms with Crippen LogP contribution in [-0.2, 0) is 4.79 Å². The monoisotopic (exact) mass is 233 g/mol. The zero-order valence-electron chi connectivity index (χ0n) is 8.82. The highest BCUT2D eigenvalue weighted by molar-refractivity contribution is 7.99. The van der Waals surface area contributed by atoms with Gasteiger partial charge in [0.05, 0.1) is 5.60 Å². The third-order valence-corrected chi connectivity index (χ3v) is 4.11. The van der Waals surface area contributed by atoms with Crippen molar-refractivity contribution in [3.8, 4) is 0 Å². The molecule has 0 amide bonds. The minimum atomic E-state index is -0.974. The molecule has 88 valence electrons. The van der Waals surface area contributed by atoms with Crippen LogP contribution in [0, 0.1) is 0 Å². The summed E-state index contributed by atoms with van der Waals surface area (Å²) in [5, 5.41) is 18.7. The molecule has 0 spiro atoms. The van der Waals surface area contributed by atoms with Crippen molar-refractivity contribution in [3.05, 3.63) is 0 Å². The number of carbonyl (C=O) groups is 1. The average Bonchev–Trinajstić information content (AvgIpc) is 2.18. The van der Waals surface area contributed by atoms with Crippen molar-refractivity contribution < 1.29 is 15.0 Å². The molecule has 1 unspecified atom stereocenters. The van der Waals surface area contributed by atoms with Crippen LogP contribution in [0.3, 0.4) is 0 Å². The molecule has 5 heteroatoms. The zero-order valence-corrected chi connectivity index (χ0v) is 9.63. The van der Waals surface area contributed by atoms with Gasteiger partial charge in [0.2, 0.25) is 0 Å². The zero-order chi connectivity index (χ0) is 11.3. The van der Waals surface area contributed by atoms with E-state index in [-0.39, 0.29) is 0 Å². The molecule has 0 heterocycles. The highest BCUT2D eigenvalue weighted by atomic mass is 32.2. The highest BCUT2D eigenvalue weighted by Crippen LogP contribution is 2.30. The minimum Gasteiger partial charge on any atom is -0.480 e. The smallest absolute Gasteiger partial charge is 0.321 e. The fourth-order valence-electron chi connectivity index (χ4n) is 1.80. The van der Waals surface area contributed by atoms with E-state index < -0.39 is 17.6 Å². The van der Waals surface area contributed by atoms with Crippen molar-refractivity contribution >= 4 is 17.7 Å². The van der Waals surface area contributed by atoms with Crippen molar-refractivity contribution in [2.24, 2.45) is 5.73 Å². The van der Waals surface area contributed by atoms with Crippen molar-refractivity contribution in [3.63, 3.8) is 0 Å². The molecule has 1 aliphatic carbocycles. The summed E-state index contributed by atoms with van der Waals surface area (Å²) >= 11 is 1.44. The fraction of sp³-hybridized carbons (Fsp3) is 0.900. The molecule has 0 aromatic rings. The summed E-state index contributed by atoms with van der Waals surface area (Å²) in [6.45, 7) is 0. The Kier molecular flexibility index (Phi) is 4.89. The molecule has 1 rings (SSSR count). The molecular weight excluding hydrogens is 214 g/mol. The number of hydrogen-bond donors (Lipinski definition) is 3. The lowest BCUT2D eigenvalue weighted by molar-refractivity contribution is -0.137. The Hall–Kier alpha value is -0.260. The third kappa shape index (κ3) is 4.40. The molecule has 4 nitrogen and oxygen atoms in total. The van der Waals surface area contributed by atoms with Crippen LogP contribution in [-0.4, -0.2) is 39.3 Å². The summed E-state index contributed by atoms with van der Waals surface area (Å²) in [5.41, 5.74) is 4.79. The summed E-state index contributed by atoms with van der Waals surface area (Å²) in [4.78, 5) is 10.5. The maximum Gasteiger partial charge on any atom is 0.321 e. The number of hydrogen-bond acceptors (Lipinski definition) is 4. The Morgan fingerprint density at radius 1 is 1.40 bits per heavy atom. The number of nitrogens with two attached hydrogens (primary N) is 1. The molecule has 0 bridgehead atoms. The molecule has 0 aromatic carbocycles. The minimum absolute atomic E-state index is 0.373. The van der Waals surface area contributed by atoms with E-state index >= 15 is 0 Å². The number of aliphatic hydroxyl groups is 1. The summed E-state index contributed by atoms with van der Waals surface area (Å²) < 4.78 is 0. The Morgan fingerprint density at radius 3 is 2.53 bits per heavy atom.